The van der Waals surface area contributed by atoms with Crippen molar-refractivity contribution in [3.63, 3.8) is 0 Å². The van der Waals surface area contributed by atoms with Crippen LogP contribution < -0.4 is 10.6 Å². The minimum Gasteiger partial charge on any atom is -0.349 e. The van der Waals surface area contributed by atoms with E-state index in [0.717, 1.165) is 22.4 Å². The largest absolute Gasteiger partial charge is 0.349 e. The zero-order valence-corrected chi connectivity index (χ0v) is 16.7. The lowest BCUT2D eigenvalue weighted by Gasteiger charge is -2.13. The minimum absolute atomic E-state index is 0.101. The van der Waals surface area contributed by atoms with Crippen molar-refractivity contribution >= 4 is 28.9 Å². The molecule has 4 rings (SSSR count). The molecule has 0 spiro atoms. The number of urea groups is 1. The van der Waals surface area contributed by atoms with Crippen molar-refractivity contribution in [1.82, 2.24) is 25.1 Å². The number of carbonyl (C=O) groups excluding carboxylic acids is 3. The van der Waals surface area contributed by atoms with Crippen LogP contribution in [0.3, 0.4) is 0 Å². The van der Waals surface area contributed by atoms with Crippen LogP contribution in [-0.4, -0.2) is 44.9 Å². The normalized spacial score (nSPS) is 16.2. The molecule has 0 bridgehead atoms. The molecule has 154 valence electrons. The first kappa shape index (κ1) is 19.6. The van der Waals surface area contributed by atoms with E-state index < -0.39 is 12.1 Å². The smallest absolute Gasteiger partial charge is 0.324 e. The van der Waals surface area contributed by atoms with Crippen LogP contribution in [0.2, 0.25) is 0 Å². The Labute approximate surface area is 173 Å². The van der Waals surface area contributed by atoms with Gasteiger partial charge in [-0.1, -0.05) is 42.5 Å². The maximum Gasteiger partial charge on any atom is 0.324 e. The number of hydrogen-bond donors (Lipinski definition) is 2. The van der Waals surface area contributed by atoms with Crippen LogP contribution in [0.1, 0.15) is 17.8 Å². The molecule has 0 aliphatic carbocycles. The van der Waals surface area contributed by atoms with Gasteiger partial charge in [-0.05, 0) is 24.1 Å². The van der Waals surface area contributed by atoms with Crippen LogP contribution in [0.5, 0.6) is 0 Å². The van der Waals surface area contributed by atoms with Gasteiger partial charge < -0.3 is 15.2 Å². The summed E-state index contributed by atoms with van der Waals surface area (Å²) in [5, 5.41) is 5.40. The molecule has 1 fully saturated rings. The number of nitrogens with one attached hydrogen (secondary N) is 2. The van der Waals surface area contributed by atoms with Crippen LogP contribution in [-0.2, 0) is 29.6 Å². The van der Waals surface area contributed by atoms with Gasteiger partial charge in [0.05, 0.1) is 24.0 Å². The molecule has 2 N–H and O–H groups in total. The van der Waals surface area contributed by atoms with Crippen LogP contribution in [0.4, 0.5) is 4.79 Å². The number of fused-ring (bicyclic) bond motifs is 1. The molecule has 2 aromatic carbocycles. The summed E-state index contributed by atoms with van der Waals surface area (Å²) in [6, 6.07) is 16.1. The van der Waals surface area contributed by atoms with Gasteiger partial charge in [0.25, 0.3) is 5.91 Å². The van der Waals surface area contributed by atoms with Crippen molar-refractivity contribution < 1.29 is 14.4 Å². The summed E-state index contributed by atoms with van der Waals surface area (Å²) in [6.07, 6.45) is 0.474. The van der Waals surface area contributed by atoms with Gasteiger partial charge in [-0.25, -0.2) is 9.78 Å². The summed E-state index contributed by atoms with van der Waals surface area (Å²) in [5.41, 5.74) is 2.88. The average Bonchev–Trinajstić information content (AvgIpc) is 3.21. The van der Waals surface area contributed by atoms with E-state index in [1.807, 2.05) is 66.2 Å². The lowest BCUT2D eigenvalue weighted by atomic mass is 10.1. The monoisotopic (exact) mass is 405 g/mol. The highest BCUT2D eigenvalue weighted by Crippen LogP contribution is 2.15. The zero-order valence-electron chi connectivity index (χ0n) is 16.7. The molecule has 4 amide bonds. The standard InChI is InChI=1S/C22H23N5O3/c1-26-18-10-6-5-9-16(18)24-19(26)14-23-20(28)13-17-21(29)27(22(30)25-17)12-11-15-7-3-2-4-8-15/h2-10,17H,11-14H2,1H3,(H,23,28)(H,25,30). The Morgan fingerprint density at radius 2 is 1.83 bits per heavy atom. The molecule has 1 aromatic heterocycles. The molecule has 3 aromatic rings. The lowest BCUT2D eigenvalue weighted by Crippen LogP contribution is -2.37. The number of imide groups is 1. The fourth-order valence-corrected chi connectivity index (χ4v) is 3.60. The molecule has 30 heavy (non-hydrogen) atoms. The molecule has 8 heteroatoms. The van der Waals surface area contributed by atoms with E-state index in [0.29, 0.717) is 6.42 Å². The molecule has 0 radical (unpaired) electrons. The van der Waals surface area contributed by atoms with E-state index in [-0.39, 0.29) is 31.3 Å². The van der Waals surface area contributed by atoms with E-state index in [1.54, 1.807) is 0 Å². The Morgan fingerprint density at radius 1 is 1.10 bits per heavy atom. The van der Waals surface area contributed by atoms with Crippen LogP contribution >= 0.6 is 0 Å². The highest BCUT2D eigenvalue weighted by molar-refractivity contribution is 6.05. The second-order valence-corrected chi connectivity index (χ2v) is 7.28. The van der Waals surface area contributed by atoms with E-state index in [9.17, 15) is 14.4 Å². The van der Waals surface area contributed by atoms with Crippen molar-refractivity contribution in [3.8, 4) is 0 Å². The van der Waals surface area contributed by atoms with E-state index >= 15 is 0 Å². The second kappa shape index (κ2) is 8.36. The molecular weight excluding hydrogens is 382 g/mol. The number of rotatable bonds is 7. The highest BCUT2D eigenvalue weighted by Gasteiger charge is 2.38. The number of aromatic nitrogens is 2. The summed E-state index contributed by atoms with van der Waals surface area (Å²) < 4.78 is 1.92. The third kappa shape index (κ3) is 4.03. The van der Waals surface area contributed by atoms with Crippen molar-refractivity contribution in [2.75, 3.05) is 6.54 Å². The SMILES string of the molecule is Cn1c(CNC(=O)CC2NC(=O)N(CCc3ccccc3)C2=O)nc2ccccc21. The summed E-state index contributed by atoms with van der Waals surface area (Å²) in [6.45, 7) is 0.531. The quantitative estimate of drug-likeness (QED) is 0.585. The molecule has 1 saturated heterocycles. The van der Waals surface area contributed by atoms with Gasteiger partial charge in [0.2, 0.25) is 5.91 Å². The number of nitrogens with zero attached hydrogens (tertiary/aromatic N) is 3. The van der Waals surface area contributed by atoms with Gasteiger partial charge in [-0.2, -0.15) is 0 Å². The molecule has 1 aliphatic rings. The molecule has 1 unspecified atom stereocenters. The Balaban J connectivity index is 1.31. The van der Waals surface area contributed by atoms with Gasteiger partial charge in [0, 0.05) is 13.6 Å². The van der Waals surface area contributed by atoms with Crippen molar-refractivity contribution in [2.45, 2.75) is 25.4 Å². The maximum atomic E-state index is 12.6. The lowest BCUT2D eigenvalue weighted by molar-refractivity contribution is -0.130. The fourth-order valence-electron chi connectivity index (χ4n) is 3.60. The highest BCUT2D eigenvalue weighted by atomic mass is 16.2. The molecule has 1 aliphatic heterocycles. The van der Waals surface area contributed by atoms with Gasteiger partial charge in [0.1, 0.15) is 11.9 Å². The Bertz CT molecular complexity index is 1090. The number of aryl methyl sites for hydroxylation is 1. The average molecular weight is 405 g/mol. The van der Waals surface area contributed by atoms with Gasteiger partial charge >= 0.3 is 6.03 Å². The number of carbonyl (C=O) groups is 3. The van der Waals surface area contributed by atoms with Crippen molar-refractivity contribution in [2.24, 2.45) is 7.05 Å². The number of imidazole rings is 1. The Kier molecular flexibility index (Phi) is 5.47. The number of amides is 4. The summed E-state index contributed by atoms with van der Waals surface area (Å²) >= 11 is 0. The van der Waals surface area contributed by atoms with E-state index in [2.05, 4.69) is 15.6 Å². The minimum atomic E-state index is -0.839. The van der Waals surface area contributed by atoms with Crippen LogP contribution in [0.15, 0.2) is 54.6 Å². The summed E-state index contributed by atoms with van der Waals surface area (Å²) in [5.74, 6) is 0.0373. The summed E-state index contributed by atoms with van der Waals surface area (Å²) in [7, 11) is 1.89. The second-order valence-electron chi connectivity index (χ2n) is 7.28. The first-order valence-electron chi connectivity index (χ1n) is 9.86. The van der Waals surface area contributed by atoms with Crippen molar-refractivity contribution in [1.29, 1.82) is 0 Å². The summed E-state index contributed by atoms with van der Waals surface area (Å²) in [4.78, 5) is 42.8. The molecule has 1 atom stereocenters. The molecule has 8 nitrogen and oxygen atoms in total. The molecule has 2 heterocycles. The van der Waals surface area contributed by atoms with E-state index in [4.69, 9.17) is 0 Å². The first-order chi connectivity index (χ1) is 14.5. The number of para-hydroxylation sites is 2. The van der Waals surface area contributed by atoms with Gasteiger partial charge in [-0.15, -0.1) is 0 Å². The number of benzene rings is 2. The third-order valence-corrected chi connectivity index (χ3v) is 5.29. The maximum absolute atomic E-state index is 12.6. The van der Waals surface area contributed by atoms with Crippen LogP contribution in [0.25, 0.3) is 11.0 Å². The molecular formula is C22H23N5O3. The predicted molar refractivity (Wildman–Crippen MR) is 111 cm³/mol. The van der Waals surface area contributed by atoms with E-state index in [1.165, 1.54) is 4.90 Å². The van der Waals surface area contributed by atoms with Gasteiger partial charge in [-0.3, -0.25) is 14.5 Å². The van der Waals surface area contributed by atoms with Crippen LogP contribution in [0, 0.1) is 0 Å². The molecule has 0 saturated carbocycles. The fraction of sp³-hybridized carbons (Fsp3) is 0.273. The predicted octanol–water partition coefficient (Wildman–Crippen LogP) is 1.74. The Morgan fingerprint density at radius 3 is 2.60 bits per heavy atom. The topological polar surface area (TPSA) is 96.3 Å². The number of hydrogen-bond acceptors (Lipinski definition) is 4. The Hall–Kier alpha value is -3.68. The van der Waals surface area contributed by atoms with Crippen molar-refractivity contribution in [3.05, 3.63) is 66.0 Å². The van der Waals surface area contributed by atoms with Gasteiger partial charge in [0.15, 0.2) is 0 Å². The third-order valence-electron chi connectivity index (χ3n) is 5.29. The first-order valence-corrected chi connectivity index (χ1v) is 9.86. The zero-order chi connectivity index (χ0) is 21.1.